The van der Waals surface area contributed by atoms with Crippen molar-refractivity contribution in [3.05, 3.63) is 63.7 Å². The van der Waals surface area contributed by atoms with Gasteiger partial charge in [-0.1, -0.05) is 77.4 Å². The predicted octanol–water partition coefficient (Wildman–Crippen LogP) is 6.34. The SMILES string of the molecule is CC(C)(C)c1cc(CN2CCN(CC(O)c3ccc(Cl)cc3)CC2)cc(C(C)(C)C)c1O.Cl.Cl. The van der Waals surface area contributed by atoms with Gasteiger partial charge in [0.15, 0.2) is 0 Å². The molecule has 1 fully saturated rings. The second kappa shape index (κ2) is 12.3. The number of phenolic OH excluding ortho intramolecular Hbond substituents is 1. The Morgan fingerprint density at radius 2 is 1.26 bits per heavy atom. The van der Waals surface area contributed by atoms with Crippen molar-refractivity contribution in [3.8, 4) is 5.75 Å². The zero-order chi connectivity index (χ0) is 23.7. The summed E-state index contributed by atoms with van der Waals surface area (Å²) >= 11 is 5.96. The lowest BCUT2D eigenvalue weighted by Gasteiger charge is -2.36. The Labute approximate surface area is 223 Å². The molecule has 1 saturated heterocycles. The molecule has 0 aliphatic carbocycles. The van der Waals surface area contributed by atoms with Gasteiger partial charge in [0.2, 0.25) is 0 Å². The van der Waals surface area contributed by atoms with Crippen LogP contribution in [-0.4, -0.2) is 52.7 Å². The molecule has 1 aliphatic heterocycles. The van der Waals surface area contributed by atoms with Crippen LogP contribution in [-0.2, 0) is 17.4 Å². The van der Waals surface area contributed by atoms with E-state index < -0.39 is 6.10 Å². The molecule has 2 aromatic carbocycles. The molecule has 0 spiro atoms. The molecule has 0 radical (unpaired) electrons. The molecule has 1 atom stereocenters. The molecule has 1 unspecified atom stereocenters. The van der Waals surface area contributed by atoms with Crippen molar-refractivity contribution in [2.45, 2.75) is 65.0 Å². The molecule has 1 aliphatic rings. The van der Waals surface area contributed by atoms with Crippen LogP contribution < -0.4 is 0 Å². The van der Waals surface area contributed by atoms with E-state index >= 15 is 0 Å². The van der Waals surface area contributed by atoms with E-state index in [1.807, 2.05) is 24.3 Å². The highest BCUT2D eigenvalue weighted by Crippen LogP contribution is 2.40. The molecule has 1 heterocycles. The van der Waals surface area contributed by atoms with E-state index in [2.05, 4.69) is 63.5 Å². The minimum Gasteiger partial charge on any atom is -0.507 e. The second-order valence-corrected chi connectivity index (χ2v) is 11.6. The number of β-amino-alcohol motifs (C(OH)–C–C–N with tert-alkyl or cyclic N) is 1. The Hall–Kier alpha value is -1.01. The van der Waals surface area contributed by atoms with E-state index in [0.29, 0.717) is 17.3 Å². The van der Waals surface area contributed by atoms with Crippen LogP contribution in [0.4, 0.5) is 0 Å². The van der Waals surface area contributed by atoms with E-state index in [1.54, 1.807) is 0 Å². The maximum Gasteiger partial charge on any atom is 0.123 e. The third kappa shape index (κ3) is 8.01. The number of aliphatic hydroxyl groups is 1. The number of hydrogen-bond donors (Lipinski definition) is 2. The molecule has 0 amide bonds. The summed E-state index contributed by atoms with van der Waals surface area (Å²) in [6.45, 7) is 18.2. The second-order valence-electron chi connectivity index (χ2n) is 11.2. The average molecular weight is 532 g/mol. The number of phenols is 1. The van der Waals surface area contributed by atoms with Gasteiger partial charge in [-0.05, 0) is 45.2 Å². The van der Waals surface area contributed by atoms with Gasteiger partial charge in [0.25, 0.3) is 0 Å². The van der Waals surface area contributed by atoms with Gasteiger partial charge >= 0.3 is 0 Å². The maximum atomic E-state index is 11.0. The van der Waals surface area contributed by atoms with Crippen LogP contribution in [0, 0.1) is 0 Å². The molecule has 34 heavy (non-hydrogen) atoms. The van der Waals surface area contributed by atoms with Crippen LogP contribution in [0.3, 0.4) is 0 Å². The average Bonchev–Trinajstić information content (AvgIpc) is 2.69. The zero-order valence-electron chi connectivity index (χ0n) is 21.3. The summed E-state index contributed by atoms with van der Waals surface area (Å²) in [6, 6.07) is 11.8. The molecular weight excluding hydrogens is 491 g/mol. The van der Waals surface area contributed by atoms with Crippen LogP contribution in [0.2, 0.25) is 5.02 Å². The van der Waals surface area contributed by atoms with Crippen molar-refractivity contribution < 1.29 is 10.2 Å². The number of halogens is 3. The van der Waals surface area contributed by atoms with Crippen molar-refractivity contribution >= 4 is 36.4 Å². The van der Waals surface area contributed by atoms with E-state index in [9.17, 15) is 10.2 Å². The van der Waals surface area contributed by atoms with Gasteiger partial charge in [0.1, 0.15) is 5.75 Å². The molecule has 192 valence electrons. The Morgan fingerprint density at radius 1 is 0.824 bits per heavy atom. The van der Waals surface area contributed by atoms with Gasteiger partial charge in [-0.15, -0.1) is 24.8 Å². The quantitative estimate of drug-likeness (QED) is 0.473. The molecule has 0 bridgehead atoms. The lowest BCUT2D eigenvalue weighted by molar-refractivity contribution is 0.0701. The molecular formula is C27H41Cl3N2O2. The van der Waals surface area contributed by atoms with E-state index in [0.717, 1.165) is 49.4 Å². The normalized spacial score (nSPS) is 16.5. The monoisotopic (exact) mass is 530 g/mol. The van der Waals surface area contributed by atoms with Gasteiger partial charge < -0.3 is 10.2 Å². The number of aromatic hydroxyl groups is 1. The Bertz CT molecular complexity index is 878. The van der Waals surface area contributed by atoms with Crippen molar-refractivity contribution in [1.82, 2.24) is 9.80 Å². The minimum atomic E-state index is -0.500. The van der Waals surface area contributed by atoms with Crippen molar-refractivity contribution in [2.24, 2.45) is 0 Å². The fraction of sp³-hybridized carbons (Fsp3) is 0.556. The first-order chi connectivity index (χ1) is 14.8. The summed E-state index contributed by atoms with van der Waals surface area (Å²) in [5.74, 6) is 0.440. The van der Waals surface area contributed by atoms with E-state index in [-0.39, 0.29) is 35.6 Å². The van der Waals surface area contributed by atoms with Gasteiger partial charge in [0.05, 0.1) is 6.10 Å². The Morgan fingerprint density at radius 3 is 1.71 bits per heavy atom. The van der Waals surface area contributed by atoms with Crippen LogP contribution in [0.1, 0.15) is 69.9 Å². The van der Waals surface area contributed by atoms with E-state index in [4.69, 9.17) is 11.6 Å². The first-order valence-electron chi connectivity index (χ1n) is 11.6. The first-order valence-corrected chi connectivity index (χ1v) is 12.0. The van der Waals surface area contributed by atoms with Crippen molar-refractivity contribution in [3.63, 3.8) is 0 Å². The third-order valence-electron chi connectivity index (χ3n) is 6.34. The summed E-state index contributed by atoms with van der Waals surface area (Å²) in [4.78, 5) is 4.80. The smallest absolute Gasteiger partial charge is 0.123 e. The highest BCUT2D eigenvalue weighted by molar-refractivity contribution is 6.30. The van der Waals surface area contributed by atoms with Crippen LogP contribution >= 0.6 is 36.4 Å². The van der Waals surface area contributed by atoms with E-state index in [1.165, 1.54) is 5.56 Å². The Kier molecular flexibility index (Phi) is 11.2. The minimum absolute atomic E-state index is 0. The third-order valence-corrected chi connectivity index (χ3v) is 6.59. The zero-order valence-corrected chi connectivity index (χ0v) is 23.7. The predicted molar refractivity (Wildman–Crippen MR) is 148 cm³/mol. The largest absolute Gasteiger partial charge is 0.507 e. The van der Waals surface area contributed by atoms with Gasteiger partial charge in [-0.2, -0.15) is 0 Å². The van der Waals surface area contributed by atoms with Crippen LogP contribution in [0.5, 0.6) is 5.75 Å². The summed E-state index contributed by atoms with van der Waals surface area (Å²) in [5.41, 5.74) is 3.97. The topological polar surface area (TPSA) is 46.9 Å². The van der Waals surface area contributed by atoms with Gasteiger partial charge in [0, 0.05) is 44.3 Å². The molecule has 0 aromatic heterocycles. The summed E-state index contributed by atoms with van der Waals surface area (Å²) in [6.07, 6.45) is -0.500. The molecule has 2 N–H and O–H groups in total. The van der Waals surface area contributed by atoms with Gasteiger partial charge in [-0.3, -0.25) is 9.80 Å². The van der Waals surface area contributed by atoms with Crippen LogP contribution in [0.15, 0.2) is 36.4 Å². The molecule has 7 heteroatoms. The standard InChI is InChI=1S/C27H39ClN2O2.2ClH/c1-26(2,3)22-15-19(16-23(25(22)32)27(4,5)6)17-29-11-13-30(14-12-29)18-24(31)20-7-9-21(28)10-8-20;;/h7-10,15-16,24,31-32H,11-14,17-18H2,1-6H3;2*1H. The molecule has 4 nitrogen and oxygen atoms in total. The van der Waals surface area contributed by atoms with Gasteiger partial charge in [-0.25, -0.2) is 0 Å². The molecule has 0 saturated carbocycles. The highest BCUT2D eigenvalue weighted by Gasteiger charge is 2.27. The van der Waals surface area contributed by atoms with Crippen LogP contribution in [0.25, 0.3) is 0 Å². The lowest BCUT2D eigenvalue weighted by Crippen LogP contribution is -2.47. The summed E-state index contributed by atoms with van der Waals surface area (Å²) in [7, 11) is 0. The Balaban J connectivity index is 0.00000289. The summed E-state index contributed by atoms with van der Waals surface area (Å²) in [5, 5.41) is 22.2. The lowest BCUT2D eigenvalue weighted by atomic mass is 9.78. The number of nitrogens with zero attached hydrogens (tertiary/aromatic N) is 2. The number of aliphatic hydroxyl groups excluding tert-OH is 1. The highest BCUT2D eigenvalue weighted by atomic mass is 35.5. The fourth-order valence-electron chi connectivity index (χ4n) is 4.35. The molecule has 3 rings (SSSR count). The number of rotatable bonds is 5. The van der Waals surface area contributed by atoms with Crippen molar-refractivity contribution in [1.29, 1.82) is 0 Å². The number of hydrogen-bond acceptors (Lipinski definition) is 4. The van der Waals surface area contributed by atoms with Crippen molar-refractivity contribution in [2.75, 3.05) is 32.7 Å². The first kappa shape index (κ1) is 31.0. The number of piperazine rings is 1. The fourth-order valence-corrected chi connectivity index (χ4v) is 4.48. The summed E-state index contributed by atoms with van der Waals surface area (Å²) < 4.78 is 0. The molecule has 2 aromatic rings. The number of benzene rings is 2. The maximum absolute atomic E-state index is 11.0.